The standard InChI is InChI=1S/C7H7O2P/c1-9-6-3-2-4-7(5-6)10-8/h2-5H,1H3/p+1. The number of hydrogen-bond acceptors (Lipinski definition) is 2. The van der Waals surface area contributed by atoms with Crippen LogP contribution in [0.15, 0.2) is 24.3 Å². The van der Waals surface area contributed by atoms with E-state index in [2.05, 4.69) is 0 Å². The van der Waals surface area contributed by atoms with E-state index in [1.807, 2.05) is 12.1 Å². The highest BCUT2D eigenvalue weighted by Crippen LogP contribution is 2.08. The van der Waals surface area contributed by atoms with Crippen LogP contribution in [0.25, 0.3) is 0 Å². The van der Waals surface area contributed by atoms with E-state index in [1.165, 1.54) is 0 Å². The first kappa shape index (κ1) is 7.23. The SMILES string of the molecule is COc1cccc([PH+]=O)c1. The molecule has 0 saturated heterocycles. The van der Waals surface area contributed by atoms with Crippen LogP contribution in [0.3, 0.4) is 0 Å². The van der Waals surface area contributed by atoms with Gasteiger partial charge in [-0.2, -0.15) is 0 Å². The van der Waals surface area contributed by atoms with Gasteiger partial charge in [0.25, 0.3) is 0 Å². The number of benzene rings is 1. The zero-order valence-corrected chi connectivity index (χ0v) is 6.63. The van der Waals surface area contributed by atoms with Gasteiger partial charge in [-0.25, -0.2) is 0 Å². The first-order valence-electron chi connectivity index (χ1n) is 2.89. The molecule has 0 radical (unpaired) electrons. The summed E-state index contributed by atoms with van der Waals surface area (Å²) in [4.78, 5) is 0. The summed E-state index contributed by atoms with van der Waals surface area (Å²) >= 11 is 0. The molecule has 0 amide bonds. The first-order valence-corrected chi connectivity index (χ1v) is 3.80. The maximum absolute atomic E-state index is 10.4. The molecule has 0 fully saturated rings. The summed E-state index contributed by atoms with van der Waals surface area (Å²) in [5, 5.41) is 0.791. The summed E-state index contributed by atoms with van der Waals surface area (Å²) in [5.74, 6) is 0.751. The molecular formula is C7H8O2P+. The van der Waals surface area contributed by atoms with Crippen LogP contribution in [0.1, 0.15) is 0 Å². The van der Waals surface area contributed by atoms with Gasteiger partial charge in [0.1, 0.15) is 5.75 Å². The fourth-order valence-corrected chi connectivity index (χ4v) is 1.05. The molecule has 1 aromatic rings. The topological polar surface area (TPSA) is 26.3 Å². The Morgan fingerprint density at radius 3 is 2.90 bits per heavy atom. The second kappa shape index (κ2) is 3.33. The van der Waals surface area contributed by atoms with Gasteiger partial charge in [-0.3, -0.25) is 0 Å². The third kappa shape index (κ3) is 1.55. The Balaban J connectivity index is 2.98. The van der Waals surface area contributed by atoms with Crippen molar-refractivity contribution in [1.82, 2.24) is 0 Å². The zero-order valence-electron chi connectivity index (χ0n) is 5.63. The Bertz CT molecular complexity index is 235. The number of rotatable bonds is 2. The number of hydrogen-bond donors (Lipinski definition) is 0. The van der Waals surface area contributed by atoms with Crippen molar-refractivity contribution in [3.05, 3.63) is 24.3 Å². The molecule has 0 aliphatic heterocycles. The lowest BCUT2D eigenvalue weighted by Crippen LogP contribution is -1.91. The van der Waals surface area contributed by atoms with Gasteiger partial charge in [-0.1, -0.05) is 10.6 Å². The maximum atomic E-state index is 10.4. The average molecular weight is 155 g/mol. The summed E-state index contributed by atoms with van der Waals surface area (Å²) in [5.41, 5.74) is 0. The first-order chi connectivity index (χ1) is 4.86. The highest BCUT2D eigenvalue weighted by atomic mass is 31.1. The monoisotopic (exact) mass is 155 g/mol. The number of methoxy groups -OCH3 is 1. The van der Waals surface area contributed by atoms with Gasteiger partial charge in [0.05, 0.1) is 7.11 Å². The highest BCUT2D eigenvalue weighted by Gasteiger charge is 1.99. The fraction of sp³-hybridized carbons (Fsp3) is 0.143. The van der Waals surface area contributed by atoms with Crippen molar-refractivity contribution >= 4 is 13.8 Å². The van der Waals surface area contributed by atoms with E-state index in [-0.39, 0.29) is 0 Å². The Hall–Kier alpha value is -0.880. The second-order valence-corrected chi connectivity index (χ2v) is 2.62. The van der Waals surface area contributed by atoms with Gasteiger partial charge in [0.2, 0.25) is 0 Å². The van der Waals surface area contributed by atoms with E-state index < -0.39 is 8.46 Å². The third-order valence-corrected chi connectivity index (χ3v) is 1.73. The molecule has 0 aromatic heterocycles. The van der Waals surface area contributed by atoms with Gasteiger partial charge in [0, 0.05) is 6.07 Å². The molecule has 1 atom stereocenters. The van der Waals surface area contributed by atoms with Crippen LogP contribution >= 0.6 is 8.46 Å². The van der Waals surface area contributed by atoms with Crippen molar-refractivity contribution in [2.24, 2.45) is 0 Å². The van der Waals surface area contributed by atoms with Crippen molar-refractivity contribution < 1.29 is 9.30 Å². The van der Waals surface area contributed by atoms with Crippen molar-refractivity contribution in [3.8, 4) is 5.75 Å². The zero-order chi connectivity index (χ0) is 7.40. The Kier molecular flexibility index (Phi) is 2.41. The molecule has 0 N–H and O–H groups in total. The van der Waals surface area contributed by atoms with Crippen molar-refractivity contribution in [2.75, 3.05) is 7.11 Å². The minimum atomic E-state index is -0.401. The van der Waals surface area contributed by atoms with Crippen LogP contribution in [-0.2, 0) is 4.57 Å². The molecule has 3 heteroatoms. The molecule has 0 saturated carbocycles. The van der Waals surface area contributed by atoms with Crippen LogP contribution in [0.5, 0.6) is 5.75 Å². The lowest BCUT2D eigenvalue weighted by molar-refractivity contribution is 0.415. The molecular weight excluding hydrogens is 147 g/mol. The quantitative estimate of drug-likeness (QED) is 0.602. The predicted molar refractivity (Wildman–Crippen MR) is 41.6 cm³/mol. The maximum Gasteiger partial charge on any atom is 0.363 e. The van der Waals surface area contributed by atoms with Crippen LogP contribution in [0.2, 0.25) is 0 Å². The lowest BCUT2D eigenvalue weighted by atomic mass is 10.3. The largest absolute Gasteiger partial charge is 0.497 e. The Morgan fingerprint density at radius 2 is 2.30 bits per heavy atom. The molecule has 1 unspecified atom stereocenters. The van der Waals surface area contributed by atoms with Gasteiger partial charge >= 0.3 is 8.46 Å². The van der Waals surface area contributed by atoms with Crippen molar-refractivity contribution in [3.63, 3.8) is 0 Å². The molecule has 52 valence electrons. The van der Waals surface area contributed by atoms with Gasteiger partial charge in [0.15, 0.2) is 5.30 Å². The molecule has 2 nitrogen and oxygen atoms in total. The molecule has 1 aromatic carbocycles. The minimum absolute atomic E-state index is 0.401. The van der Waals surface area contributed by atoms with Crippen LogP contribution in [0.4, 0.5) is 0 Å². The minimum Gasteiger partial charge on any atom is -0.497 e. The Morgan fingerprint density at radius 1 is 1.50 bits per heavy atom. The molecule has 0 aliphatic rings. The third-order valence-electron chi connectivity index (χ3n) is 1.19. The predicted octanol–water partition coefficient (Wildman–Crippen LogP) is 1.34. The summed E-state index contributed by atoms with van der Waals surface area (Å²) in [7, 11) is 1.19. The van der Waals surface area contributed by atoms with E-state index in [0.717, 1.165) is 11.1 Å². The smallest absolute Gasteiger partial charge is 0.363 e. The molecule has 1 rings (SSSR count). The average Bonchev–Trinajstić information content (AvgIpc) is 2.05. The molecule has 0 bridgehead atoms. The van der Waals surface area contributed by atoms with Gasteiger partial charge in [-0.15, -0.1) is 0 Å². The van der Waals surface area contributed by atoms with Crippen LogP contribution < -0.4 is 10.0 Å². The van der Waals surface area contributed by atoms with Crippen molar-refractivity contribution in [1.29, 1.82) is 0 Å². The van der Waals surface area contributed by atoms with Crippen molar-refractivity contribution in [2.45, 2.75) is 0 Å². The van der Waals surface area contributed by atoms with Gasteiger partial charge in [-0.05, 0) is 12.1 Å². The fourth-order valence-electron chi connectivity index (χ4n) is 0.687. The summed E-state index contributed by atoms with van der Waals surface area (Å²) in [6.45, 7) is 0. The lowest BCUT2D eigenvalue weighted by Gasteiger charge is -1.94. The van der Waals surface area contributed by atoms with Gasteiger partial charge < -0.3 is 4.74 Å². The summed E-state index contributed by atoms with van der Waals surface area (Å²) in [6.07, 6.45) is 0. The Labute approximate surface area is 61.0 Å². The molecule has 0 aliphatic carbocycles. The summed E-state index contributed by atoms with van der Waals surface area (Å²) in [6, 6.07) is 7.20. The van der Waals surface area contributed by atoms with E-state index in [9.17, 15) is 4.57 Å². The van der Waals surface area contributed by atoms with E-state index >= 15 is 0 Å². The highest BCUT2D eigenvalue weighted by molar-refractivity contribution is 7.34. The summed E-state index contributed by atoms with van der Waals surface area (Å²) < 4.78 is 15.3. The molecule has 0 spiro atoms. The number of ether oxygens (including phenoxy) is 1. The second-order valence-electron chi connectivity index (χ2n) is 1.83. The van der Waals surface area contributed by atoms with E-state index in [4.69, 9.17) is 4.74 Å². The normalized spacial score (nSPS) is 9.70. The molecule has 0 heterocycles. The van der Waals surface area contributed by atoms with Crippen LogP contribution in [-0.4, -0.2) is 7.11 Å². The van der Waals surface area contributed by atoms with E-state index in [1.54, 1.807) is 19.2 Å². The molecule has 10 heavy (non-hydrogen) atoms. The van der Waals surface area contributed by atoms with Crippen LogP contribution in [0, 0.1) is 0 Å². The van der Waals surface area contributed by atoms with E-state index in [0.29, 0.717) is 0 Å².